The number of hydrogen-bond acceptors (Lipinski definition) is 2. The molecule has 0 fully saturated rings. The van der Waals surface area contributed by atoms with Crippen LogP contribution in [0.2, 0.25) is 0 Å². The Balaban J connectivity index is 3.62. The molecule has 0 N–H and O–H groups in total. The molecule has 0 spiro atoms. The summed E-state index contributed by atoms with van der Waals surface area (Å²) in [5.74, 6) is -0.557. The fraction of sp³-hybridized carbons (Fsp3) is 0.333. The first kappa shape index (κ1) is 7.70. The number of esters is 1. The third-order valence-corrected chi connectivity index (χ3v) is 0.635. The first-order valence-electron chi connectivity index (χ1n) is 2.40. The molecule has 0 saturated heterocycles. The highest BCUT2D eigenvalue weighted by Crippen LogP contribution is 1.91. The zero-order chi connectivity index (χ0) is 7.28. The monoisotopic (exact) mass is 125 g/mol. The summed E-state index contributed by atoms with van der Waals surface area (Å²) in [7, 11) is 0. The van der Waals surface area contributed by atoms with Crippen molar-refractivity contribution in [3.05, 3.63) is 24.1 Å². The highest BCUT2D eigenvalue weighted by atomic mass is 16.6. The molecule has 0 bridgehead atoms. The summed E-state index contributed by atoms with van der Waals surface area (Å²) < 4.78 is 4.44. The Morgan fingerprint density at radius 2 is 2.56 bits per heavy atom. The molecule has 0 rings (SSSR count). The third-order valence-electron chi connectivity index (χ3n) is 0.635. The van der Waals surface area contributed by atoms with Crippen LogP contribution >= 0.6 is 0 Å². The molecule has 3 nitrogen and oxygen atoms in total. The first-order valence-corrected chi connectivity index (χ1v) is 2.40. The van der Waals surface area contributed by atoms with Crippen LogP contribution in [-0.4, -0.2) is 12.2 Å². The average Bonchev–Trinajstić information content (AvgIpc) is 1.87. The molecule has 0 aromatic carbocycles. The van der Waals surface area contributed by atoms with Gasteiger partial charge in [-0.15, -0.1) is 0 Å². The van der Waals surface area contributed by atoms with Crippen LogP contribution in [0.3, 0.4) is 0 Å². The Morgan fingerprint density at radius 1 is 2.00 bits per heavy atom. The van der Waals surface area contributed by atoms with Crippen LogP contribution in [0.25, 0.3) is 4.85 Å². The van der Waals surface area contributed by atoms with E-state index in [0.717, 1.165) is 6.08 Å². The van der Waals surface area contributed by atoms with E-state index in [1.165, 1.54) is 6.92 Å². The summed E-state index contributed by atoms with van der Waals surface area (Å²) in [6.07, 6.45) is 0.331. The van der Waals surface area contributed by atoms with Gasteiger partial charge >= 0.3 is 12.2 Å². The molecule has 0 aliphatic rings. The maximum atomic E-state index is 10.3. The minimum atomic E-state index is -0.699. The molecule has 0 aromatic rings. The Labute approximate surface area is 53.8 Å². The van der Waals surface area contributed by atoms with E-state index in [4.69, 9.17) is 6.57 Å². The van der Waals surface area contributed by atoms with Gasteiger partial charge < -0.3 is 4.74 Å². The molecule has 1 unspecified atom stereocenters. The van der Waals surface area contributed by atoms with Crippen LogP contribution in [0, 0.1) is 6.57 Å². The van der Waals surface area contributed by atoms with Gasteiger partial charge in [-0.25, -0.2) is 11.4 Å². The van der Waals surface area contributed by atoms with Crippen molar-refractivity contribution in [2.24, 2.45) is 0 Å². The molecule has 0 aromatic heterocycles. The zero-order valence-electron chi connectivity index (χ0n) is 5.13. The van der Waals surface area contributed by atoms with Crippen LogP contribution in [0.4, 0.5) is 0 Å². The molecule has 48 valence electrons. The van der Waals surface area contributed by atoms with Crippen molar-refractivity contribution in [1.82, 2.24) is 0 Å². The number of nitrogens with zero attached hydrogens (tertiary/aromatic N) is 1. The molecule has 0 saturated carbocycles. The molecule has 0 heterocycles. The van der Waals surface area contributed by atoms with Gasteiger partial charge in [-0.3, -0.25) is 4.85 Å². The SMILES string of the molecule is [C-]#[N+]C(C)OC(=O)C=C. The van der Waals surface area contributed by atoms with Gasteiger partial charge in [-0.2, -0.15) is 0 Å². The van der Waals surface area contributed by atoms with Crippen molar-refractivity contribution in [3.8, 4) is 0 Å². The second kappa shape index (κ2) is 3.67. The highest BCUT2D eigenvalue weighted by molar-refractivity contribution is 5.81. The minimum Gasteiger partial charge on any atom is -0.388 e. The standard InChI is InChI=1S/C6H7NO2/c1-4-6(8)9-5(2)7-3/h4-5H,1H2,2H3. The maximum Gasteiger partial charge on any atom is 0.366 e. The number of rotatable bonds is 2. The summed E-state index contributed by atoms with van der Waals surface area (Å²) in [6, 6.07) is 0. The van der Waals surface area contributed by atoms with E-state index in [2.05, 4.69) is 16.2 Å². The Hall–Kier alpha value is -1.30. The van der Waals surface area contributed by atoms with Crippen molar-refractivity contribution < 1.29 is 9.53 Å². The van der Waals surface area contributed by atoms with E-state index in [1.54, 1.807) is 0 Å². The fourth-order valence-corrected chi connectivity index (χ4v) is 0.243. The lowest BCUT2D eigenvalue weighted by molar-refractivity contribution is -0.140. The molecule has 0 amide bonds. The third kappa shape index (κ3) is 3.30. The van der Waals surface area contributed by atoms with E-state index < -0.39 is 12.2 Å². The van der Waals surface area contributed by atoms with Gasteiger partial charge in [-0.05, 0) is 0 Å². The zero-order valence-corrected chi connectivity index (χ0v) is 5.13. The van der Waals surface area contributed by atoms with Gasteiger partial charge in [0.1, 0.15) is 0 Å². The van der Waals surface area contributed by atoms with Gasteiger partial charge in [0.05, 0.1) is 6.92 Å². The summed E-state index contributed by atoms with van der Waals surface area (Å²) in [5, 5.41) is 0. The van der Waals surface area contributed by atoms with Crippen molar-refractivity contribution in [3.63, 3.8) is 0 Å². The molecule has 0 radical (unpaired) electrons. The average molecular weight is 125 g/mol. The van der Waals surface area contributed by atoms with Gasteiger partial charge in [-0.1, -0.05) is 6.58 Å². The predicted octanol–water partition coefficient (Wildman–Crippen LogP) is 0.981. The van der Waals surface area contributed by atoms with E-state index in [-0.39, 0.29) is 0 Å². The summed E-state index contributed by atoms with van der Waals surface area (Å²) in [5.41, 5.74) is 0. The van der Waals surface area contributed by atoms with Crippen LogP contribution in [0.1, 0.15) is 6.92 Å². The van der Waals surface area contributed by atoms with E-state index in [1.807, 2.05) is 0 Å². The van der Waals surface area contributed by atoms with Crippen LogP contribution in [-0.2, 0) is 9.53 Å². The molecule has 3 heteroatoms. The number of ether oxygens (including phenoxy) is 1. The van der Waals surface area contributed by atoms with Gasteiger partial charge in [0.15, 0.2) is 0 Å². The van der Waals surface area contributed by atoms with Gasteiger partial charge in [0.2, 0.25) is 0 Å². The Morgan fingerprint density at radius 3 is 2.89 bits per heavy atom. The lowest BCUT2D eigenvalue weighted by Crippen LogP contribution is -2.07. The van der Waals surface area contributed by atoms with Crippen LogP contribution in [0.15, 0.2) is 12.7 Å². The smallest absolute Gasteiger partial charge is 0.366 e. The summed E-state index contributed by atoms with van der Waals surface area (Å²) >= 11 is 0. The maximum absolute atomic E-state index is 10.3. The molecule has 0 aliphatic heterocycles. The predicted molar refractivity (Wildman–Crippen MR) is 32.4 cm³/mol. The highest BCUT2D eigenvalue weighted by Gasteiger charge is 2.05. The Kier molecular flexibility index (Phi) is 3.14. The van der Waals surface area contributed by atoms with E-state index in [9.17, 15) is 4.79 Å². The first-order chi connectivity index (χ1) is 4.20. The minimum absolute atomic E-state index is 0.557. The second-order valence-corrected chi connectivity index (χ2v) is 1.37. The summed E-state index contributed by atoms with van der Waals surface area (Å²) in [4.78, 5) is 13.2. The number of carbonyl (C=O) groups is 1. The van der Waals surface area contributed by atoms with Crippen molar-refractivity contribution in [2.75, 3.05) is 0 Å². The molecule has 9 heavy (non-hydrogen) atoms. The quantitative estimate of drug-likeness (QED) is 0.313. The topological polar surface area (TPSA) is 30.7 Å². The number of hydrogen-bond donors (Lipinski definition) is 0. The van der Waals surface area contributed by atoms with Crippen LogP contribution < -0.4 is 0 Å². The van der Waals surface area contributed by atoms with Crippen LogP contribution in [0.5, 0.6) is 0 Å². The van der Waals surface area contributed by atoms with E-state index >= 15 is 0 Å². The van der Waals surface area contributed by atoms with Gasteiger partial charge in [0.25, 0.3) is 0 Å². The Bertz CT molecular complexity index is 157. The normalized spacial score (nSPS) is 11.1. The summed E-state index contributed by atoms with van der Waals surface area (Å²) in [6.45, 7) is 11.1. The second-order valence-electron chi connectivity index (χ2n) is 1.37. The van der Waals surface area contributed by atoms with E-state index in [0.29, 0.717) is 0 Å². The van der Waals surface area contributed by atoms with Crippen molar-refractivity contribution >= 4 is 5.97 Å². The molecule has 1 atom stereocenters. The largest absolute Gasteiger partial charge is 0.388 e. The lowest BCUT2D eigenvalue weighted by atomic mass is 10.6. The molecule has 0 aliphatic carbocycles. The molecular weight excluding hydrogens is 118 g/mol. The van der Waals surface area contributed by atoms with Crippen molar-refractivity contribution in [1.29, 1.82) is 0 Å². The van der Waals surface area contributed by atoms with Crippen molar-refractivity contribution in [2.45, 2.75) is 13.2 Å². The fourth-order valence-electron chi connectivity index (χ4n) is 0.243. The van der Waals surface area contributed by atoms with Gasteiger partial charge in [0, 0.05) is 6.08 Å². The lowest BCUT2D eigenvalue weighted by Gasteiger charge is -1.96. The molecular formula is C6H7NO2. The number of carbonyl (C=O) groups excluding carboxylic acids is 1.